The molecule has 2 aromatic heterocycles. The highest BCUT2D eigenvalue weighted by Gasteiger charge is 2.31. The molecule has 0 atom stereocenters. The van der Waals surface area contributed by atoms with Crippen molar-refractivity contribution >= 4 is 43.6 Å². The van der Waals surface area contributed by atoms with Crippen molar-refractivity contribution in [3.8, 4) is 68.0 Å². The first kappa shape index (κ1) is 42.0. The number of hydrogen-bond donors (Lipinski definition) is 0. The van der Waals surface area contributed by atoms with Crippen LogP contribution in [0, 0.1) is 50.4 Å². The van der Waals surface area contributed by atoms with Gasteiger partial charge in [0.25, 0.3) is 0 Å². The number of aryl methyl sites for hydroxylation is 4. The Morgan fingerprint density at radius 3 is 1.41 bits per heavy atom. The van der Waals surface area contributed by atoms with Gasteiger partial charge < -0.3 is 9.13 Å². The zero-order chi connectivity index (χ0) is 47.0. The third-order valence-corrected chi connectivity index (χ3v) is 13.5. The van der Waals surface area contributed by atoms with E-state index in [1.165, 1.54) is 22.8 Å². The standard InChI is InChI=1S/C61H41F3N4/c1-36-13-20-46(37(2)27-36)42-16-24-57-52(31-42)49-9-5-7-11-55(49)67(57)58-25-17-43(47-21-14-40(34-65)28-38(47)3)33-54(58)51-22-15-41(35-66)30-60(51)68-56-12-8-6-10-50(56)53-32-44(18-26-59(53)68)48-23-19-45(29-39(48)4)61(62,63)64/h5-33H,1-4H3. The Kier molecular flexibility index (Phi) is 9.92. The number of fused-ring (bicyclic) bond motifs is 6. The number of hydrogen-bond acceptors (Lipinski definition) is 2. The van der Waals surface area contributed by atoms with Gasteiger partial charge in [-0.1, -0.05) is 96.6 Å². The molecule has 0 unspecified atom stereocenters. The molecule has 11 rings (SSSR count). The summed E-state index contributed by atoms with van der Waals surface area (Å²) < 4.78 is 45.7. The number of nitrogens with zero attached hydrogens (tertiary/aromatic N) is 4. The number of alkyl halides is 3. The molecule has 7 heteroatoms. The molecule has 9 aromatic carbocycles. The molecule has 0 saturated heterocycles. The van der Waals surface area contributed by atoms with Gasteiger partial charge in [-0.05, 0) is 163 Å². The summed E-state index contributed by atoms with van der Waals surface area (Å²) in [7, 11) is 0. The number of para-hydroxylation sites is 2. The van der Waals surface area contributed by atoms with E-state index in [1.807, 2.05) is 67.6 Å². The van der Waals surface area contributed by atoms with Crippen LogP contribution in [0.2, 0.25) is 0 Å². The molecule has 0 N–H and O–H groups in total. The van der Waals surface area contributed by atoms with Crippen molar-refractivity contribution in [3.05, 3.63) is 215 Å². The third kappa shape index (κ3) is 6.91. The molecule has 0 aliphatic heterocycles. The van der Waals surface area contributed by atoms with E-state index in [2.05, 4.69) is 132 Å². The van der Waals surface area contributed by atoms with Crippen LogP contribution in [0.4, 0.5) is 13.2 Å². The first-order valence-corrected chi connectivity index (χ1v) is 22.4. The molecule has 68 heavy (non-hydrogen) atoms. The van der Waals surface area contributed by atoms with Crippen LogP contribution in [0.5, 0.6) is 0 Å². The highest BCUT2D eigenvalue weighted by Crippen LogP contribution is 2.44. The maximum atomic E-state index is 13.7. The molecule has 0 aliphatic rings. The maximum absolute atomic E-state index is 13.7. The quantitative estimate of drug-likeness (QED) is 0.167. The molecule has 0 spiro atoms. The lowest BCUT2D eigenvalue weighted by atomic mass is 9.92. The topological polar surface area (TPSA) is 57.4 Å². The molecule has 4 nitrogen and oxygen atoms in total. The monoisotopic (exact) mass is 886 g/mol. The summed E-state index contributed by atoms with van der Waals surface area (Å²) in [5.41, 5.74) is 17.6. The van der Waals surface area contributed by atoms with Gasteiger partial charge in [0.1, 0.15) is 0 Å². The Hall–Kier alpha value is -8.65. The number of nitriles is 2. The smallest absolute Gasteiger partial charge is 0.309 e. The second kappa shape index (κ2) is 16.0. The van der Waals surface area contributed by atoms with Crippen LogP contribution >= 0.6 is 0 Å². The van der Waals surface area contributed by atoms with Crippen molar-refractivity contribution in [2.75, 3.05) is 0 Å². The summed E-state index contributed by atoms with van der Waals surface area (Å²) in [6.45, 7) is 8.01. The summed E-state index contributed by atoms with van der Waals surface area (Å²) in [6, 6.07) is 62.7. The Labute approximate surface area is 391 Å². The van der Waals surface area contributed by atoms with Gasteiger partial charge in [-0.3, -0.25) is 0 Å². The molecule has 326 valence electrons. The minimum Gasteiger partial charge on any atom is -0.309 e. The molecule has 0 aliphatic carbocycles. The molecule has 0 bridgehead atoms. The molecule has 0 fully saturated rings. The van der Waals surface area contributed by atoms with E-state index in [1.54, 1.807) is 13.0 Å². The zero-order valence-corrected chi connectivity index (χ0v) is 37.7. The molecule has 11 aromatic rings. The average Bonchev–Trinajstić information content (AvgIpc) is 3.85. The fourth-order valence-electron chi connectivity index (χ4n) is 10.3. The lowest BCUT2D eigenvalue weighted by molar-refractivity contribution is -0.137. The third-order valence-electron chi connectivity index (χ3n) is 13.5. The van der Waals surface area contributed by atoms with Gasteiger partial charge in [0.15, 0.2) is 0 Å². The zero-order valence-electron chi connectivity index (χ0n) is 37.7. The van der Waals surface area contributed by atoms with E-state index in [-0.39, 0.29) is 0 Å². The van der Waals surface area contributed by atoms with E-state index in [0.29, 0.717) is 16.7 Å². The molecule has 2 heterocycles. The van der Waals surface area contributed by atoms with Gasteiger partial charge in [0.05, 0.1) is 62.3 Å². The molecule has 0 radical (unpaired) electrons. The van der Waals surface area contributed by atoms with Crippen LogP contribution < -0.4 is 0 Å². The van der Waals surface area contributed by atoms with Crippen LogP contribution in [-0.4, -0.2) is 9.13 Å². The van der Waals surface area contributed by atoms with Crippen LogP contribution in [0.3, 0.4) is 0 Å². The van der Waals surface area contributed by atoms with Crippen LogP contribution in [0.1, 0.15) is 38.9 Å². The van der Waals surface area contributed by atoms with Crippen molar-refractivity contribution < 1.29 is 13.2 Å². The first-order chi connectivity index (χ1) is 32.9. The Morgan fingerprint density at radius 2 is 0.853 bits per heavy atom. The van der Waals surface area contributed by atoms with Crippen molar-refractivity contribution in [1.82, 2.24) is 9.13 Å². The van der Waals surface area contributed by atoms with Gasteiger partial charge in [0, 0.05) is 32.7 Å². The lowest BCUT2D eigenvalue weighted by Crippen LogP contribution is -2.05. The minimum absolute atomic E-state index is 0.489. The van der Waals surface area contributed by atoms with Crippen LogP contribution in [0.25, 0.3) is 99.5 Å². The molecular weight excluding hydrogens is 846 g/mol. The molecular formula is C61H41F3N4. The molecule has 0 saturated carbocycles. The number of aromatic nitrogens is 2. The van der Waals surface area contributed by atoms with Crippen molar-refractivity contribution in [1.29, 1.82) is 10.5 Å². The summed E-state index contributed by atoms with van der Waals surface area (Å²) in [6.07, 6.45) is -4.44. The Balaban J connectivity index is 1.19. The predicted octanol–water partition coefficient (Wildman–Crippen LogP) is 16.5. The van der Waals surface area contributed by atoms with Crippen LogP contribution in [0.15, 0.2) is 176 Å². The number of rotatable bonds is 6. The SMILES string of the molecule is Cc1ccc(-c2ccc3c(c2)c2ccccc2n3-c2ccc(-c3ccc(C#N)cc3C)cc2-c2ccc(C#N)cc2-n2c3ccccc3c3cc(-c4ccc(C(F)(F)F)cc4C)ccc32)c(C)c1. The van der Waals surface area contributed by atoms with E-state index >= 15 is 0 Å². The summed E-state index contributed by atoms with van der Waals surface area (Å²) >= 11 is 0. The van der Waals surface area contributed by atoms with Gasteiger partial charge >= 0.3 is 6.18 Å². The van der Waals surface area contributed by atoms with E-state index in [9.17, 15) is 23.7 Å². The predicted molar refractivity (Wildman–Crippen MR) is 270 cm³/mol. The second-order valence-corrected chi connectivity index (χ2v) is 17.7. The lowest BCUT2D eigenvalue weighted by Gasteiger charge is -2.20. The van der Waals surface area contributed by atoms with Gasteiger partial charge in [-0.2, -0.15) is 23.7 Å². The van der Waals surface area contributed by atoms with Crippen molar-refractivity contribution in [2.24, 2.45) is 0 Å². The Morgan fingerprint density at radius 1 is 0.382 bits per heavy atom. The van der Waals surface area contributed by atoms with E-state index in [4.69, 9.17) is 0 Å². The minimum atomic E-state index is -4.44. The molecule has 0 amide bonds. The Bertz CT molecular complexity index is 3980. The van der Waals surface area contributed by atoms with Crippen molar-refractivity contribution in [2.45, 2.75) is 33.9 Å². The van der Waals surface area contributed by atoms with E-state index in [0.717, 1.165) is 106 Å². The van der Waals surface area contributed by atoms with Crippen LogP contribution in [-0.2, 0) is 6.18 Å². The second-order valence-electron chi connectivity index (χ2n) is 17.7. The van der Waals surface area contributed by atoms with Gasteiger partial charge in [-0.15, -0.1) is 0 Å². The summed E-state index contributed by atoms with van der Waals surface area (Å²) in [5.74, 6) is 0. The fraction of sp³-hybridized carbons (Fsp3) is 0.0820. The fourth-order valence-corrected chi connectivity index (χ4v) is 10.3. The average molecular weight is 887 g/mol. The van der Waals surface area contributed by atoms with Gasteiger partial charge in [-0.25, -0.2) is 0 Å². The first-order valence-electron chi connectivity index (χ1n) is 22.4. The summed E-state index contributed by atoms with van der Waals surface area (Å²) in [4.78, 5) is 0. The highest BCUT2D eigenvalue weighted by atomic mass is 19.4. The number of halogens is 3. The largest absolute Gasteiger partial charge is 0.416 e. The normalized spacial score (nSPS) is 11.7. The van der Waals surface area contributed by atoms with Gasteiger partial charge in [0.2, 0.25) is 0 Å². The van der Waals surface area contributed by atoms with E-state index < -0.39 is 11.7 Å². The maximum Gasteiger partial charge on any atom is 0.416 e. The van der Waals surface area contributed by atoms with Crippen molar-refractivity contribution in [3.63, 3.8) is 0 Å². The number of benzene rings is 9. The highest BCUT2D eigenvalue weighted by molar-refractivity contribution is 6.13. The summed E-state index contributed by atoms with van der Waals surface area (Å²) in [5, 5.41) is 24.4.